The molecule has 21 heavy (non-hydrogen) atoms. The monoisotopic (exact) mass is 295 g/mol. The van der Waals surface area contributed by atoms with Gasteiger partial charge in [-0.1, -0.05) is 35.9 Å². The largest absolute Gasteiger partial charge is 0.336 e. The Bertz CT molecular complexity index is 688. The van der Waals surface area contributed by atoms with Gasteiger partial charge in [-0.2, -0.15) is 0 Å². The Hall–Kier alpha value is -1.10. The average Bonchev–Trinajstić information content (AvgIpc) is 2.38. The minimum atomic E-state index is -4.07. The molecule has 1 radical (unpaired) electrons. The van der Waals surface area contributed by atoms with E-state index in [4.69, 9.17) is 0 Å². The standard InChI is InChI=1S/C16H17O3P.Li/c1-11-9-12(2)15(13(3)10-11)16(17)20(18,19)14-7-5-4-6-8-14;/h4-10H,1-3H3,(H,18,19);. The second kappa shape index (κ2) is 6.77. The first kappa shape index (κ1) is 17.9. The molecule has 105 valence electrons. The number of benzene rings is 2. The molecule has 0 aromatic heterocycles. The maximum absolute atomic E-state index is 12.5. The minimum Gasteiger partial charge on any atom is -0.336 e. The zero-order valence-electron chi connectivity index (χ0n) is 12.8. The third-order valence-electron chi connectivity index (χ3n) is 3.27. The van der Waals surface area contributed by atoms with E-state index in [1.165, 1.54) is 12.1 Å². The smallest absolute Gasteiger partial charge is 0.298 e. The third-order valence-corrected chi connectivity index (χ3v) is 5.04. The molecule has 0 amide bonds. The molecule has 2 aromatic rings. The van der Waals surface area contributed by atoms with Gasteiger partial charge in [0.25, 0.3) is 12.9 Å². The van der Waals surface area contributed by atoms with E-state index in [2.05, 4.69) is 0 Å². The molecule has 0 spiro atoms. The molecule has 0 heterocycles. The number of carbonyl (C=O) groups is 1. The van der Waals surface area contributed by atoms with Crippen LogP contribution in [-0.2, 0) is 4.57 Å². The molecule has 2 rings (SSSR count). The van der Waals surface area contributed by atoms with Gasteiger partial charge in [0.15, 0.2) is 0 Å². The Labute approximate surface area is 137 Å². The van der Waals surface area contributed by atoms with Crippen molar-refractivity contribution in [2.75, 3.05) is 0 Å². The van der Waals surface area contributed by atoms with E-state index in [9.17, 15) is 14.3 Å². The van der Waals surface area contributed by atoms with Crippen LogP contribution in [0.1, 0.15) is 27.0 Å². The fourth-order valence-corrected chi connectivity index (χ4v) is 3.88. The Morgan fingerprint density at radius 3 is 1.95 bits per heavy atom. The molecule has 1 unspecified atom stereocenters. The van der Waals surface area contributed by atoms with Crippen LogP contribution >= 0.6 is 7.37 Å². The first-order valence-corrected chi connectivity index (χ1v) is 8.01. The summed E-state index contributed by atoms with van der Waals surface area (Å²) >= 11 is 0. The average molecular weight is 295 g/mol. The summed E-state index contributed by atoms with van der Waals surface area (Å²) in [6.45, 7) is 5.51. The first-order chi connectivity index (χ1) is 9.34. The van der Waals surface area contributed by atoms with Gasteiger partial charge in [-0.05, 0) is 44.0 Å². The quantitative estimate of drug-likeness (QED) is 0.699. The van der Waals surface area contributed by atoms with Crippen molar-refractivity contribution in [3.05, 3.63) is 64.7 Å². The van der Waals surface area contributed by atoms with Crippen LogP contribution in [0, 0.1) is 20.8 Å². The van der Waals surface area contributed by atoms with E-state index in [-0.39, 0.29) is 24.2 Å². The SMILES string of the molecule is Cc1cc(C)c(C(=O)P(=O)(O)c2ccccc2)c(C)c1.[Li]. The molecule has 0 saturated carbocycles. The summed E-state index contributed by atoms with van der Waals surface area (Å²) in [6.07, 6.45) is 0. The molecule has 5 heteroatoms. The summed E-state index contributed by atoms with van der Waals surface area (Å²) in [4.78, 5) is 22.7. The maximum Gasteiger partial charge on any atom is 0.298 e. The summed E-state index contributed by atoms with van der Waals surface area (Å²) in [5.74, 6) is 0. The molecular weight excluding hydrogens is 278 g/mol. The molecule has 1 N–H and O–H groups in total. The number of hydrogen-bond acceptors (Lipinski definition) is 2. The van der Waals surface area contributed by atoms with Gasteiger partial charge in [0.1, 0.15) is 0 Å². The van der Waals surface area contributed by atoms with Crippen LogP contribution in [0.3, 0.4) is 0 Å². The van der Waals surface area contributed by atoms with E-state index >= 15 is 0 Å². The maximum atomic E-state index is 12.5. The van der Waals surface area contributed by atoms with Crippen LogP contribution in [0.5, 0.6) is 0 Å². The predicted molar refractivity (Wildman–Crippen MR) is 86.6 cm³/mol. The van der Waals surface area contributed by atoms with Crippen molar-refractivity contribution in [3.63, 3.8) is 0 Å². The van der Waals surface area contributed by atoms with Crippen LogP contribution in [0.2, 0.25) is 0 Å². The van der Waals surface area contributed by atoms with Gasteiger partial charge in [0.2, 0.25) is 0 Å². The predicted octanol–water partition coefficient (Wildman–Crippen LogP) is 2.97. The van der Waals surface area contributed by atoms with Crippen LogP contribution in [-0.4, -0.2) is 29.3 Å². The molecule has 0 saturated heterocycles. The van der Waals surface area contributed by atoms with Gasteiger partial charge in [0.05, 0.1) is 0 Å². The Kier molecular flexibility index (Phi) is 5.79. The van der Waals surface area contributed by atoms with Crippen molar-refractivity contribution in [2.45, 2.75) is 20.8 Å². The zero-order valence-corrected chi connectivity index (χ0v) is 13.6. The Morgan fingerprint density at radius 2 is 1.48 bits per heavy atom. The molecule has 1 atom stereocenters. The van der Waals surface area contributed by atoms with E-state index in [0.717, 1.165) is 16.7 Å². The van der Waals surface area contributed by atoms with Gasteiger partial charge in [0, 0.05) is 29.7 Å². The van der Waals surface area contributed by atoms with E-state index in [1.54, 1.807) is 32.0 Å². The van der Waals surface area contributed by atoms with Gasteiger partial charge in [-0.25, -0.2) is 0 Å². The van der Waals surface area contributed by atoms with Crippen molar-refractivity contribution in [3.8, 4) is 0 Å². The summed E-state index contributed by atoms with van der Waals surface area (Å²) in [5, 5.41) is 0.171. The summed E-state index contributed by atoms with van der Waals surface area (Å²) in [7, 11) is -4.07. The molecule has 3 nitrogen and oxygen atoms in total. The number of rotatable bonds is 3. The van der Waals surface area contributed by atoms with Crippen molar-refractivity contribution >= 4 is 37.1 Å². The topological polar surface area (TPSA) is 54.4 Å². The van der Waals surface area contributed by atoms with Gasteiger partial charge >= 0.3 is 0 Å². The second-order valence-electron chi connectivity index (χ2n) is 4.99. The van der Waals surface area contributed by atoms with Crippen LogP contribution in [0.4, 0.5) is 0 Å². The van der Waals surface area contributed by atoms with Gasteiger partial charge in [-0.15, -0.1) is 0 Å². The van der Waals surface area contributed by atoms with E-state index in [1.807, 2.05) is 19.1 Å². The molecule has 0 aliphatic rings. The summed E-state index contributed by atoms with van der Waals surface area (Å²) in [6, 6.07) is 11.8. The number of aryl methyl sites for hydroxylation is 3. The molecular formula is C16H17LiO3P. The molecule has 0 bridgehead atoms. The zero-order chi connectivity index (χ0) is 14.9. The fourth-order valence-electron chi connectivity index (χ4n) is 2.42. The second-order valence-corrected chi connectivity index (χ2v) is 7.07. The number of hydrogen-bond donors (Lipinski definition) is 1. The molecule has 2 aromatic carbocycles. The fraction of sp³-hybridized carbons (Fsp3) is 0.188. The summed E-state index contributed by atoms with van der Waals surface area (Å²) in [5.41, 5.74) is 2.16. The normalized spacial score (nSPS) is 13.1. The van der Waals surface area contributed by atoms with Crippen molar-refractivity contribution in [2.24, 2.45) is 0 Å². The van der Waals surface area contributed by atoms with Crippen LogP contribution in [0.15, 0.2) is 42.5 Å². The van der Waals surface area contributed by atoms with Crippen molar-refractivity contribution in [1.29, 1.82) is 0 Å². The molecule has 0 fully saturated rings. The van der Waals surface area contributed by atoms with Crippen LogP contribution in [0.25, 0.3) is 0 Å². The Balaban J connectivity index is 0.00000220. The minimum absolute atomic E-state index is 0. The third kappa shape index (κ3) is 3.57. The number of carbonyl (C=O) groups excluding carboxylic acids is 1. The first-order valence-electron chi connectivity index (χ1n) is 6.35. The van der Waals surface area contributed by atoms with Gasteiger partial charge < -0.3 is 4.89 Å². The molecule has 0 aliphatic heterocycles. The van der Waals surface area contributed by atoms with E-state index in [0.29, 0.717) is 5.56 Å². The molecule has 0 aliphatic carbocycles. The van der Waals surface area contributed by atoms with Crippen LogP contribution < -0.4 is 5.30 Å². The summed E-state index contributed by atoms with van der Waals surface area (Å²) < 4.78 is 12.5. The van der Waals surface area contributed by atoms with E-state index < -0.39 is 12.9 Å². The van der Waals surface area contributed by atoms with Gasteiger partial charge in [-0.3, -0.25) is 9.36 Å². The van der Waals surface area contributed by atoms with Crippen molar-refractivity contribution < 1.29 is 14.3 Å². The van der Waals surface area contributed by atoms with Crippen molar-refractivity contribution in [1.82, 2.24) is 0 Å². The Morgan fingerprint density at radius 1 is 1.00 bits per heavy atom.